The summed E-state index contributed by atoms with van der Waals surface area (Å²) in [6.07, 6.45) is 3.83. The molecule has 0 bridgehead atoms. The van der Waals surface area contributed by atoms with E-state index in [-0.39, 0.29) is 11.7 Å². The lowest BCUT2D eigenvalue weighted by atomic mass is 10.2. The van der Waals surface area contributed by atoms with Crippen molar-refractivity contribution in [2.75, 3.05) is 44.2 Å². The van der Waals surface area contributed by atoms with Crippen molar-refractivity contribution in [1.29, 1.82) is 0 Å². The Balaban J connectivity index is 1.42. The molecule has 0 radical (unpaired) electrons. The van der Waals surface area contributed by atoms with Gasteiger partial charge in [-0.25, -0.2) is 19.4 Å². The van der Waals surface area contributed by atoms with Crippen LogP contribution in [0.25, 0.3) is 0 Å². The van der Waals surface area contributed by atoms with E-state index in [9.17, 15) is 9.18 Å². The van der Waals surface area contributed by atoms with Crippen molar-refractivity contribution in [3.8, 4) is 0 Å². The Morgan fingerprint density at radius 1 is 1.13 bits per heavy atom. The molecule has 0 unspecified atom stereocenters. The number of piperazine rings is 1. The molecule has 9 heteroatoms. The fourth-order valence-electron chi connectivity index (χ4n) is 3.20. The second-order valence-corrected chi connectivity index (χ2v) is 6.92. The van der Waals surface area contributed by atoms with Crippen molar-refractivity contribution in [3.05, 3.63) is 54.1 Å². The lowest BCUT2D eigenvalue weighted by Crippen LogP contribution is -2.50. The van der Waals surface area contributed by atoms with Crippen LogP contribution in [0.1, 0.15) is 18.9 Å². The highest BCUT2D eigenvalue weighted by Crippen LogP contribution is 2.10. The predicted molar refractivity (Wildman–Crippen MR) is 115 cm³/mol. The molecule has 1 aliphatic rings. The molecule has 1 amide bonds. The molecule has 2 aromatic rings. The van der Waals surface area contributed by atoms with Gasteiger partial charge in [-0.1, -0.05) is 12.1 Å². The number of carbonyl (C=O) groups excluding carboxylic acids is 1. The van der Waals surface area contributed by atoms with Crippen molar-refractivity contribution in [3.63, 3.8) is 0 Å². The van der Waals surface area contributed by atoms with Gasteiger partial charge in [0.05, 0.1) is 6.54 Å². The molecule has 1 aromatic heterocycles. The molecule has 2 N–H and O–H groups in total. The lowest BCUT2D eigenvalue weighted by molar-refractivity contribution is -0.131. The monoisotopic (exact) mass is 413 g/mol. The van der Waals surface area contributed by atoms with Crippen LogP contribution in [-0.2, 0) is 11.3 Å². The van der Waals surface area contributed by atoms with Crippen molar-refractivity contribution < 1.29 is 9.18 Å². The van der Waals surface area contributed by atoms with Crippen molar-refractivity contribution in [1.82, 2.24) is 25.5 Å². The number of halogens is 1. The minimum atomic E-state index is -0.273. The van der Waals surface area contributed by atoms with Crippen LogP contribution in [0.2, 0.25) is 0 Å². The molecule has 8 nitrogen and oxygen atoms in total. The van der Waals surface area contributed by atoms with Gasteiger partial charge in [-0.15, -0.1) is 0 Å². The van der Waals surface area contributed by atoms with Crippen LogP contribution >= 0.6 is 0 Å². The standard InChI is InChI=1S/C21H28FN7O/c1-2-23-20(27-16-17-5-3-6-18(22)15-17)24-10-7-19(30)28-11-13-29(14-12-28)21-25-8-4-9-26-21/h3-6,8-9,15H,2,7,10-14,16H2,1H3,(H2,23,24,27). The average molecular weight is 414 g/mol. The van der Waals surface area contributed by atoms with Crippen LogP contribution in [0.4, 0.5) is 10.3 Å². The first-order chi connectivity index (χ1) is 14.7. The fourth-order valence-corrected chi connectivity index (χ4v) is 3.20. The largest absolute Gasteiger partial charge is 0.357 e. The number of anilines is 1. The normalized spacial score (nSPS) is 14.5. The van der Waals surface area contributed by atoms with Gasteiger partial charge in [0, 0.05) is 58.1 Å². The summed E-state index contributed by atoms with van der Waals surface area (Å²) >= 11 is 0. The maximum absolute atomic E-state index is 13.3. The second kappa shape index (κ2) is 11.1. The molecule has 0 spiro atoms. The minimum absolute atomic E-state index is 0.108. The number of amides is 1. The van der Waals surface area contributed by atoms with E-state index >= 15 is 0 Å². The summed E-state index contributed by atoms with van der Waals surface area (Å²) in [5.41, 5.74) is 0.795. The molecule has 1 aliphatic heterocycles. The highest BCUT2D eigenvalue weighted by atomic mass is 19.1. The van der Waals surface area contributed by atoms with Crippen molar-refractivity contribution in [2.45, 2.75) is 19.9 Å². The topological polar surface area (TPSA) is 85.8 Å². The van der Waals surface area contributed by atoms with Crippen LogP contribution in [0.15, 0.2) is 47.7 Å². The summed E-state index contributed by atoms with van der Waals surface area (Å²) in [5, 5.41) is 6.32. The maximum Gasteiger partial charge on any atom is 0.225 e. The van der Waals surface area contributed by atoms with E-state index in [1.807, 2.05) is 17.9 Å². The summed E-state index contributed by atoms with van der Waals surface area (Å²) in [6, 6.07) is 8.17. The molecule has 0 atom stereocenters. The number of hydrogen-bond acceptors (Lipinski definition) is 5. The highest BCUT2D eigenvalue weighted by Gasteiger charge is 2.22. The molecule has 160 valence electrons. The van der Waals surface area contributed by atoms with Crippen molar-refractivity contribution in [2.24, 2.45) is 4.99 Å². The number of carbonyl (C=O) groups is 1. The third-order valence-electron chi connectivity index (χ3n) is 4.75. The Bertz CT molecular complexity index is 838. The number of benzene rings is 1. The van der Waals surface area contributed by atoms with Gasteiger partial charge in [-0.2, -0.15) is 0 Å². The molecular weight excluding hydrogens is 385 g/mol. The van der Waals surface area contributed by atoms with Gasteiger partial charge < -0.3 is 20.4 Å². The van der Waals surface area contributed by atoms with E-state index in [0.29, 0.717) is 51.1 Å². The smallest absolute Gasteiger partial charge is 0.225 e. The summed E-state index contributed by atoms with van der Waals surface area (Å²) in [7, 11) is 0. The molecule has 3 rings (SSSR count). The van der Waals surface area contributed by atoms with Gasteiger partial charge in [-0.05, 0) is 30.7 Å². The summed E-state index contributed by atoms with van der Waals surface area (Å²) in [5.74, 6) is 1.15. The van der Waals surface area contributed by atoms with Crippen LogP contribution in [0.5, 0.6) is 0 Å². The maximum atomic E-state index is 13.3. The second-order valence-electron chi connectivity index (χ2n) is 6.92. The average Bonchev–Trinajstić information content (AvgIpc) is 2.78. The molecule has 1 aromatic carbocycles. The lowest BCUT2D eigenvalue weighted by Gasteiger charge is -2.34. The minimum Gasteiger partial charge on any atom is -0.357 e. The molecule has 0 saturated carbocycles. The van der Waals surface area contributed by atoms with Crippen LogP contribution < -0.4 is 15.5 Å². The molecule has 1 fully saturated rings. The molecule has 0 aliphatic carbocycles. The molecule has 1 saturated heterocycles. The van der Waals surface area contributed by atoms with Gasteiger partial charge in [-0.3, -0.25) is 4.79 Å². The Hall–Kier alpha value is -3.23. The number of aromatic nitrogens is 2. The zero-order chi connectivity index (χ0) is 21.2. The first-order valence-electron chi connectivity index (χ1n) is 10.2. The fraction of sp³-hybridized carbons (Fsp3) is 0.429. The Morgan fingerprint density at radius 3 is 2.60 bits per heavy atom. The third-order valence-corrected chi connectivity index (χ3v) is 4.75. The van der Waals surface area contributed by atoms with Gasteiger partial charge >= 0.3 is 0 Å². The van der Waals surface area contributed by atoms with E-state index in [4.69, 9.17) is 0 Å². The first-order valence-corrected chi connectivity index (χ1v) is 10.2. The van der Waals surface area contributed by atoms with Crippen molar-refractivity contribution >= 4 is 17.8 Å². The van der Waals surface area contributed by atoms with Crippen LogP contribution in [0.3, 0.4) is 0 Å². The number of nitrogens with one attached hydrogen (secondary N) is 2. The Kier molecular flexibility index (Phi) is 7.94. The van der Waals surface area contributed by atoms with Crippen LogP contribution in [0, 0.1) is 5.82 Å². The van der Waals surface area contributed by atoms with Gasteiger partial charge in [0.15, 0.2) is 5.96 Å². The van der Waals surface area contributed by atoms with E-state index in [2.05, 4.69) is 30.5 Å². The SMILES string of the molecule is CCNC(=NCc1cccc(F)c1)NCCC(=O)N1CCN(c2ncccn2)CC1. The highest BCUT2D eigenvalue weighted by molar-refractivity contribution is 5.81. The number of guanidine groups is 1. The summed E-state index contributed by atoms with van der Waals surface area (Å²) in [4.78, 5) is 29.5. The number of rotatable bonds is 7. The first kappa shape index (κ1) is 21.5. The third kappa shape index (κ3) is 6.40. The van der Waals surface area contributed by atoms with Gasteiger partial charge in [0.2, 0.25) is 11.9 Å². The summed E-state index contributed by atoms with van der Waals surface area (Å²) in [6.45, 7) is 6.28. The molecule has 2 heterocycles. The van der Waals surface area contributed by atoms with E-state index in [1.54, 1.807) is 24.5 Å². The zero-order valence-electron chi connectivity index (χ0n) is 17.2. The van der Waals surface area contributed by atoms with E-state index in [1.165, 1.54) is 12.1 Å². The predicted octanol–water partition coefficient (Wildman–Crippen LogP) is 1.41. The Morgan fingerprint density at radius 2 is 1.90 bits per heavy atom. The number of aliphatic imine (C=N–C) groups is 1. The number of nitrogens with zero attached hydrogens (tertiary/aromatic N) is 5. The molecule has 30 heavy (non-hydrogen) atoms. The Labute approximate surface area is 176 Å². The van der Waals surface area contributed by atoms with E-state index < -0.39 is 0 Å². The zero-order valence-corrected chi connectivity index (χ0v) is 17.2. The van der Waals surface area contributed by atoms with E-state index in [0.717, 1.165) is 18.7 Å². The quantitative estimate of drug-likeness (QED) is 0.527. The molecular formula is C21H28FN7O. The summed E-state index contributed by atoms with van der Waals surface area (Å²) < 4.78 is 13.3. The van der Waals surface area contributed by atoms with Crippen LogP contribution in [-0.4, -0.2) is 66.0 Å². The number of hydrogen-bond donors (Lipinski definition) is 2. The van der Waals surface area contributed by atoms with Gasteiger partial charge in [0.25, 0.3) is 0 Å². The van der Waals surface area contributed by atoms with Gasteiger partial charge in [0.1, 0.15) is 5.82 Å².